The number of anilines is 1. The zero-order valence-electron chi connectivity index (χ0n) is 31.6. The van der Waals surface area contributed by atoms with Gasteiger partial charge in [0, 0.05) is 64.6 Å². The largest absolute Gasteiger partial charge is 0.387 e. The SMILES string of the molecule is C1=CC(C2(c3cccnc3)c3ccccc3-c3cc4c5ccccc5n([C@H]5C=CC(c6ccc(-n7c8c(c9ccccc97)CCCN8)cc6)=CC5)c4cc32)=CNC1. The van der Waals surface area contributed by atoms with Crippen LogP contribution in [0.4, 0.5) is 5.82 Å². The molecule has 5 heterocycles. The molecule has 5 nitrogen and oxygen atoms in total. The van der Waals surface area contributed by atoms with E-state index >= 15 is 0 Å². The van der Waals surface area contributed by atoms with Gasteiger partial charge in [-0.3, -0.25) is 9.55 Å². The summed E-state index contributed by atoms with van der Waals surface area (Å²) in [6.07, 6.45) is 21.1. The molecule has 0 saturated carbocycles. The fourth-order valence-electron chi connectivity index (χ4n) is 10.5. The maximum Gasteiger partial charge on any atom is 0.114 e. The van der Waals surface area contributed by atoms with Crippen molar-refractivity contribution < 1.29 is 0 Å². The summed E-state index contributed by atoms with van der Waals surface area (Å²) in [6.45, 7) is 1.84. The molecule has 274 valence electrons. The van der Waals surface area contributed by atoms with Crippen LogP contribution >= 0.6 is 0 Å². The summed E-state index contributed by atoms with van der Waals surface area (Å²) in [5.41, 5.74) is 16.0. The quantitative estimate of drug-likeness (QED) is 0.185. The summed E-state index contributed by atoms with van der Waals surface area (Å²) in [5, 5.41) is 11.2. The molecule has 0 fully saturated rings. The van der Waals surface area contributed by atoms with Crippen molar-refractivity contribution in [2.75, 3.05) is 18.4 Å². The highest BCUT2D eigenvalue weighted by Crippen LogP contribution is 2.58. The maximum atomic E-state index is 4.69. The van der Waals surface area contributed by atoms with Crippen molar-refractivity contribution in [3.05, 3.63) is 204 Å². The Morgan fingerprint density at radius 3 is 2.39 bits per heavy atom. The molecule has 1 unspecified atom stereocenters. The number of aromatic nitrogens is 3. The van der Waals surface area contributed by atoms with Crippen LogP contribution in [-0.2, 0) is 11.8 Å². The summed E-state index contributed by atoms with van der Waals surface area (Å²) in [7, 11) is 0. The van der Waals surface area contributed by atoms with Crippen LogP contribution in [0.3, 0.4) is 0 Å². The standard InChI is InChI=1S/C52H41N5/c1-4-16-46-40(12-1)44-30-45-42-14-3-5-17-48(42)56(50(45)31-47(44)52(46,36-10-7-27-53-32-36)37-11-8-28-54-33-37)38-23-19-34(20-24-38)35-21-25-39(26-22-35)57-49-18-6-2-13-41(49)43-15-9-29-55-51(43)57/h1-8,10-14,16-23,25-27,30-33,38,54-55H,9,15,24,28-29H2/t38-,52?/m0/s1. The number of nitrogens with one attached hydrogen (secondary N) is 2. The fourth-order valence-corrected chi connectivity index (χ4v) is 10.5. The van der Waals surface area contributed by atoms with E-state index in [1.54, 1.807) is 0 Å². The average Bonchev–Trinajstić information content (AvgIpc) is 3.90. The first-order valence-corrected chi connectivity index (χ1v) is 20.3. The lowest BCUT2D eigenvalue weighted by Gasteiger charge is -2.35. The minimum absolute atomic E-state index is 0.171. The van der Waals surface area contributed by atoms with E-state index in [1.807, 2.05) is 6.20 Å². The second-order valence-corrected chi connectivity index (χ2v) is 15.8. The highest BCUT2D eigenvalue weighted by Gasteiger charge is 2.47. The molecule has 8 aromatic rings. The van der Waals surface area contributed by atoms with Crippen LogP contribution < -0.4 is 10.6 Å². The average molecular weight is 736 g/mol. The third-order valence-corrected chi connectivity index (χ3v) is 12.9. The number of hydrogen-bond acceptors (Lipinski definition) is 3. The Kier molecular flexibility index (Phi) is 7.15. The number of dihydropyridines is 1. The van der Waals surface area contributed by atoms with Crippen molar-refractivity contribution in [1.82, 2.24) is 19.4 Å². The van der Waals surface area contributed by atoms with E-state index in [2.05, 4.69) is 189 Å². The van der Waals surface area contributed by atoms with E-state index in [1.165, 1.54) is 101 Å². The van der Waals surface area contributed by atoms with Crippen molar-refractivity contribution >= 4 is 44.1 Å². The Hall–Kier alpha value is -6.85. The Morgan fingerprint density at radius 1 is 0.719 bits per heavy atom. The summed E-state index contributed by atoms with van der Waals surface area (Å²) < 4.78 is 5.00. The molecule has 5 aromatic carbocycles. The Balaban J connectivity index is 0.962. The molecule has 0 spiro atoms. The van der Waals surface area contributed by atoms with Gasteiger partial charge in [0.15, 0.2) is 0 Å². The summed E-state index contributed by atoms with van der Waals surface area (Å²) in [4.78, 5) is 4.69. The highest BCUT2D eigenvalue weighted by molar-refractivity contribution is 6.11. The van der Waals surface area contributed by atoms with Gasteiger partial charge in [0.1, 0.15) is 5.82 Å². The van der Waals surface area contributed by atoms with Crippen molar-refractivity contribution in [3.63, 3.8) is 0 Å². The molecule has 0 bridgehead atoms. The molecule has 2 aliphatic heterocycles. The molecule has 57 heavy (non-hydrogen) atoms. The molecule has 0 radical (unpaired) electrons. The zero-order chi connectivity index (χ0) is 37.5. The molecular weight excluding hydrogens is 695 g/mol. The molecular formula is C52H41N5. The molecule has 4 aliphatic rings. The molecule has 0 amide bonds. The van der Waals surface area contributed by atoms with Gasteiger partial charge in [-0.2, -0.15) is 0 Å². The number of nitrogens with zero attached hydrogens (tertiary/aromatic N) is 3. The van der Waals surface area contributed by atoms with Crippen molar-refractivity contribution in [2.24, 2.45) is 0 Å². The number of allylic oxidation sites excluding steroid dienone is 6. The molecule has 2 N–H and O–H groups in total. The van der Waals surface area contributed by atoms with Gasteiger partial charge >= 0.3 is 0 Å². The van der Waals surface area contributed by atoms with Crippen molar-refractivity contribution in [2.45, 2.75) is 30.7 Å². The Morgan fingerprint density at radius 2 is 1.56 bits per heavy atom. The number of rotatable bonds is 5. The van der Waals surface area contributed by atoms with E-state index in [4.69, 9.17) is 0 Å². The minimum atomic E-state index is -0.510. The van der Waals surface area contributed by atoms with Gasteiger partial charge in [-0.1, -0.05) is 109 Å². The predicted molar refractivity (Wildman–Crippen MR) is 235 cm³/mol. The molecule has 3 aromatic heterocycles. The molecule has 2 aliphatic carbocycles. The van der Waals surface area contributed by atoms with Crippen molar-refractivity contribution in [3.8, 4) is 16.8 Å². The topological polar surface area (TPSA) is 46.8 Å². The van der Waals surface area contributed by atoms with E-state index < -0.39 is 5.41 Å². The zero-order valence-corrected chi connectivity index (χ0v) is 31.6. The monoisotopic (exact) mass is 735 g/mol. The smallest absolute Gasteiger partial charge is 0.114 e. The summed E-state index contributed by atoms with van der Waals surface area (Å²) in [6, 6.07) is 45.4. The third-order valence-electron chi connectivity index (χ3n) is 12.9. The number of hydrogen-bond donors (Lipinski definition) is 2. The molecule has 5 heteroatoms. The number of fused-ring (bicyclic) bond motifs is 9. The van der Waals surface area contributed by atoms with Gasteiger partial charge in [0.2, 0.25) is 0 Å². The lowest BCUT2D eigenvalue weighted by Crippen LogP contribution is -2.31. The predicted octanol–water partition coefficient (Wildman–Crippen LogP) is 11.4. The van der Waals surface area contributed by atoms with E-state index in [-0.39, 0.29) is 6.04 Å². The number of para-hydroxylation sites is 2. The van der Waals surface area contributed by atoms with E-state index in [0.29, 0.717) is 0 Å². The van der Waals surface area contributed by atoms with E-state index in [9.17, 15) is 0 Å². The van der Waals surface area contributed by atoms with Gasteiger partial charge in [0.25, 0.3) is 0 Å². The number of pyridine rings is 1. The van der Waals surface area contributed by atoms with Crippen LogP contribution in [-0.4, -0.2) is 27.2 Å². The van der Waals surface area contributed by atoms with Gasteiger partial charge in [0.05, 0.1) is 22.5 Å². The first-order valence-electron chi connectivity index (χ1n) is 20.3. The van der Waals surface area contributed by atoms with Crippen LogP contribution in [0.25, 0.3) is 55.1 Å². The fraction of sp³-hybridized carbons (Fsp3) is 0.135. The highest BCUT2D eigenvalue weighted by atomic mass is 15.1. The van der Waals surface area contributed by atoms with Crippen LogP contribution in [0.15, 0.2) is 176 Å². The van der Waals surface area contributed by atoms with Crippen LogP contribution in [0, 0.1) is 0 Å². The molecule has 0 saturated heterocycles. The second kappa shape index (κ2) is 12.6. The Bertz CT molecular complexity index is 3050. The third kappa shape index (κ3) is 4.66. The Labute approximate surface area is 332 Å². The molecule has 2 atom stereocenters. The van der Waals surface area contributed by atoms with Gasteiger partial charge in [-0.15, -0.1) is 0 Å². The van der Waals surface area contributed by atoms with Gasteiger partial charge in [-0.25, -0.2) is 0 Å². The summed E-state index contributed by atoms with van der Waals surface area (Å²) in [5.74, 6) is 1.25. The lowest BCUT2D eigenvalue weighted by molar-refractivity contribution is 0.648. The van der Waals surface area contributed by atoms with Crippen LogP contribution in [0.2, 0.25) is 0 Å². The van der Waals surface area contributed by atoms with Crippen molar-refractivity contribution in [1.29, 1.82) is 0 Å². The van der Waals surface area contributed by atoms with Gasteiger partial charge < -0.3 is 15.2 Å². The number of aryl methyl sites for hydroxylation is 1. The lowest BCUT2D eigenvalue weighted by atomic mass is 9.67. The van der Waals surface area contributed by atoms with Gasteiger partial charge in [-0.05, 0) is 106 Å². The van der Waals surface area contributed by atoms with E-state index in [0.717, 1.165) is 25.9 Å². The maximum absolute atomic E-state index is 4.69. The second-order valence-electron chi connectivity index (χ2n) is 15.8. The molecule has 12 rings (SSSR count). The minimum Gasteiger partial charge on any atom is -0.387 e. The number of benzene rings is 5. The first-order chi connectivity index (χ1) is 28.3. The van der Waals surface area contributed by atoms with Crippen LogP contribution in [0.1, 0.15) is 46.7 Å². The first kappa shape index (κ1) is 32.4. The van der Waals surface area contributed by atoms with Crippen LogP contribution in [0.5, 0.6) is 0 Å². The normalized spacial score (nSPS) is 19.5. The summed E-state index contributed by atoms with van der Waals surface area (Å²) >= 11 is 0.